The van der Waals surface area contributed by atoms with Crippen molar-refractivity contribution in [1.82, 2.24) is 0 Å². The second-order valence-electron chi connectivity index (χ2n) is 6.19. The smallest absolute Gasteiger partial charge is 0.160 e. The van der Waals surface area contributed by atoms with E-state index < -0.39 is 0 Å². The Morgan fingerprint density at radius 1 is 0.375 bits per heavy atom. The van der Waals surface area contributed by atoms with Gasteiger partial charge in [-0.3, -0.25) is 0 Å². The predicted molar refractivity (Wildman–Crippen MR) is 138 cm³/mol. The molecule has 0 atom stereocenters. The van der Waals surface area contributed by atoms with Gasteiger partial charge in [0.2, 0.25) is 0 Å². The van der Waals surface area contributed by atoms with Crippen molar-refractivity contribution in [3.8, 4) is 11.5 Å². The SMILES string of the molecule is Clc1c(Cl)c(Cl)c(OCc2ccc(COc3c(Cl)c(Cl)c(Cl)c(Cl)c3Cl)cc2)c(Cl)c1Cl. The van der Waals surface area contributed by atoms with Crippen LogP contribution in [-0.2, 0) is 13.2 Å². The summed E-state index contributed by atoms with van der Waals surface area (Å²) >= 11 is 60.9. The van der Waals surface area contributed by atoms with Crippen molar-refractivity contribution in [2.45, 2.75) is 13.2 Å². The normalized spacial score (nSPS) is 11.1. The second-order valence-corrected chi connectivity index (χ2v) is 9.97. The van der Waals surface area contributed by atoms with Crippen LogP contribution in [-0.4, -0.2) is 0 Å². The molecule has 0 fully saturated rings. The molecule has 0 aliphatic rings. The first-order valence-corrected chi connectivity index (χ1v) is 12.2. The fourth-order valence-electron chi connectivity index (χ4n) is 2.47. The molecule has 0 aromatic heterocycles. The summed E-state index contributed by atoms with van der Waals surface area (Å²) in [7, 11) is 0. The summed E-state index contributed by atoms with van der Waals surface area (Å²) < 4.78 is 11.4. The third-order valence-corrected chi connectivity index (χ3v) is 8.61. The van der Waals surface area contributed by atoms with Gasteiger partial charge in [0.25, 0.3) is 0 Å². The fourth-order valence-corrected chi connectivity index (χ4v) is 4.93. The van der Waals surface area contributed by atoms with E-state index in [4.69, 9.17) is 125 Å². The number of hydrogen-bond acceptors (Lipinski definition) is 2. The number of rotatable bonds is 6. The Labute approximate surface area is 234 Å². The third kappa shape index (κ3) is 5.52. The minimum atomic E-state index is 0.0588. The maximum absolute atomic E-state index is 6.17. The Kier molecular flexibility index (Phi) is 9.42. The second kappa shape index (κ2) is 11.3. The van der Waals surface area contributed by atoms with Gasteiger partial charge in [-0.05, 0) is 11.1 Å². The van der Waals surface area contributed by atoms with E-state index in [9.17, 15) is 0 Å². The molecule has 0 amide bonds. The molecule has 170 valence electrons. The maximum atomic E-state index is 6.17. The summed E-state index contributed by atoms with van der Waals surface area (Å²) in [5.41, 5.74) is 1.63. The lowest BCUT2D eigenvalue weighted by molar-refractivity contribution is 0.303. The third-order valence-electron chi connectivity index (χ3n) is 4.13. The number of halogens is 10. The number of hydrogen-bond donors (Lipinski definition) is 0. The van der Waals surface area contributed by atoms with Crippen LogP contribution in [0.3, 0.4) is 0 Å². The molecule has 0 saturated carbocycles. The highest BCUT2D eigenvalue weighted by atomic mass is 35.5. The monoisotopic (exact) mass is 630 g/mol. The van der Waals surface area contributed by atoms with Gasteiger partial charge in [0, 0.05) is 0 Å². The van der Waals surface area contributed by atoms with Gasteiger partial charge in [0.05, 0.1) is 30.1 Å². The van der Waals surface area contributed by atoms with E-state index in [2.05, 4.69) is 0 Å². The van der Waals surface area contributed by atoms with Crippen LogP contribution in [0.15, 0.2) is 24.3 Å². The molecular formula is C20H8Cl10O2. The van der Waals surface area contributed by atoms with Gasteiger partial charge in [-0.2, -0.15) is 0 Å². The number of ether oxygens (including phenoxy) is 2. The molecule has 0 N–H and O–H groups in total. The van der Waals surface area contributed by atoms with Crippen LogP contribution in [0.2, 0.25) is 50.2 Å². The largest absolute Gasteiger partial charge is 0.486 e. The van der Waals surface area contributed by atoms with E-state index in [1.165, 1.54) is 0 Å². The highest BCUT2D eigenvalue weighted by Gasteiger charge is 2.22. The zero-order chi connectivity index (χ0) is 23.7. The van der Waals surface area contributed by atoms with Crippen LogP contribution in [0, 0.1) is 0 Å². The van der Waals surface area contributed by atoms with Gasteiger partial charge >= 0.3 is 0 Å². The Morgan fingerprint density at radius 3 is 0.844 bits per heavy atom. The van der Waals surface area contributed by atoms with Gasteiger partial charge in [0.15, 0.2) is 11.5 Å². The molecule has 32 heavy (non-hydrogen) atoms. The Balaban J connectivity index is 1.70. The van der Waals surface area contributed by atoms with Gasteiger partial charge < -0.3 is 9.47 Å². The zero-order valence-corrected chi connectivity index (χ0v) is 22.9. The Hall–Kier alpha value is 0.160. The lowest BCUT2D eigenvalue weighted by atomic mass is 10.1. The van der Waals surface area contributed by atoms with Crippen molar-refractivity contribution in [3.63, 3.8) is 0 Å². The standard InChI is InChI=1S/C20H8Cl10O2/c21-9-11(23)15(27)19(16(28)12(9)24)31-5-7-1-2-8(4-3-7)6-32-20-17(29)13(25)10(22)14(26)18(20)30/h1-4H,5-6H2. The molecule has 2 nitrogen and oxygen atoms in total. The van der Waals surface area contributed by atoms with Crippen LogP contribution < -0.4 is 9.47 Å². The van der Waals surface area contributed by atoms with Crippen molar-refractivity contribution in [2.75, 3.05) is 0 Å². The van der Waals surface area contributed by atoms with Crippen LogP contribution in [0.25, 0.3) is 0 Å². The quantitative estimate of drug-likeness (QED) is 0.198. The molecule has 3 aromatic rings. The summed E-state index contributed by atoms with van der Waals surface area (Å²) in [6, 6.07) is 7.30. The first kappa shape index (κ1) is 26.8. The molecule has 0 spiro atoms. The molecule has 0 bridgehead atoms. The summed E-state index contributed by atoms with van der Waals surface area (Å²) in [6.45, 7) is 0.295. The molecule has 12 heteroatoms. The highest BCUT2D eigenvalue weighted by molar-refractivity contribution is 6.56. The molecule has 3 aromatic carbocycles. The lowest BCUT2D eigenvalue weighted by Gasteiger charge is -2.15. The zero-order valence-electron chi connectivity index (χ0n) is 15.3. The molecule has 0 saturated heterocycles. The topological polar surface area (TPSA) is 18.5 Å². The van der Waals surface area contributed by atoms with E-state index in [0.717, 1.165) is 11.1 Å². The first-order chi connectivity index (χ1) is 15.0. The average molecular weight is 635 g/mol. The van der Waals surface area contributed by atoms with Crippen LogP contribution >= 0.6 is 116 Å². The fraction of sp³-hybridized carbons (Fsp3) is 0.100. The van der Waals surface area contributed by atoms with Gasteiger partial charge in [-0.15, -0.1) is 0 Å². The summed E-state index contributed by atoms with van der Waals surface area (Å²) in [5.74, 6) is 0.279. The Bertz CT molecular complexity index is 1030. The molecule has 0 unspecified atom stereocenters. The van der Waals surface area contributed by atoms with E-state index in [1.807, 2.05) is 24.3 Å². The molecule has 3 rings (SSSR count). The summed E-state index contributed by atoms with van der Waals surface area (Å²) in [5, 5.41) is 0.655. The van der Waals surface area contributed by atoms with Gasteiger partial charge in [-0.1, -0.05) is 140 Å². The highest BCUT2D eigenvalue weighted by Crippen LogP contribution is 2.49. The van der Waals surface area contributed by atoms with E-state index in [-0.39, 0.29) is 74.9 Å². The molecule has 0 radical (unpaired) electrons. The van der Waals surface area contributed by atoms with Crippen molar-refractivity contribution in [3.05, 3.63) is 85.6 Å². The van der Waals surface area contributed by atoms with Crippen molar-refractivity contribution < 1.29 is 9.47 Å². The van der Waals surface area contributed by atoms with Gasteiger partial charge in [0.1, 0.15) is 33.3 Å². The minimum Gasteiger partial charge on any atom is -0.486 e. The van der Waals surface area contributed by atoms with Crippen LogP contribution in [0.1, 0.15) is 11.1 Å². The predicted octanol–water partition coefficient (Wildman–Crippen LogP) is 11.4. The summed E-state index contributed by atoms with van der Waals surface area (Å²) in [4.78, 5) is 0. The number of benzene rings is 3. The first-order valence-electron chi connectivity index (χ1n) is 8.40. The van der Waals surface area contributed by atoms with E-state index in [1.54, 1.807) is 0 Å². The molecule has 0 heterocycles. The lowest BCUT2D eigenvalue weighted by Crippen LogP contribution is -2.00. The van der Waals surface area contributed by atoms with Crippen molar-refractivity contribution >= 4 is 116 Å². The molecule has 0 aliphatic carbocycles. The maximum Gasteiger partial charge on any atom is 0.160 e. The van der Waals surface area contributed by atoms with Crippen LogP contribution in [0.5, 0.6) is 11.5 Å². The van der Waals surface area contributed by atoms with Crippen molar-refractivity contribution in [2.24, 2.45) is 0 Å². The van der Waals surface area contributed by atoms with Gasteiger partial charge in [-0.25, -0.2) is 0 Å². The van der Waals surface area contributed by atoms with Crippen molar-refractivity contribution in [1.29, 1.82) is 0 Å². The molecule has 0 aliphatic heterocycles. The minimum absolute atomic E-state index is 0.0588. The van der Waals surface area contributed by atoms with E-state index in [0.29, 0.717) is 0 Å². The molecular weight excluding hydrogens is 627 g/mol. The van der Waals surface area contributed by atoms with Crippen LogP contribution in [0.4, 0.5) is 0 Å². The average Bonchev–Trinajstić information content (AvgIpc) is 2.79. The Morgan fingerprint density at radius 2 is 0.594 bits per heavy atom. The summed E-state index contributed by atoms with van der Waals surface area (Å²) in [6.07, 6.45) is 0. The van der Waals surface area contributed by atoms with E-state index >= 15 is 0 Å².